The van der Waals surface area contributed by atoms with Gasteiger partial charge in [-0.25, -0.2) is 9.97 Å². The SMILES string of the molecule is CO[C@@H]1CO[C@H]2[C@@H]1OC[C@H]2NC(=O)c1cnc2c(c1)ncn2C1CC1. The van der Waals surface area contributed by atoms with Crippen LogP contribution in [0.25, 0.3) is 11.2 Å². The van der Waals surface area contributed by atoms with Gasteiger partial charge in [-0.2, -0.15) is 0 Å². The van der Waals surface area contributed by atoms with Crippen LogP contribution >= 0.6 is 0 Å². The lowest BCUT2D eigenvalue weighted by Gasteiger charge is -2.17. The van der Waals surface area contributed by atoms with Crippen molar-refractivity contribution in [1.29, 1.82) is 0 Å². The van der Waals surface area contributed by atoms with Crippen LogP contribution in [-0.2, 0) is 14.2 Å². The van der Waals surface area contributed by atoms with Crippen LogP contribution in [0.3, 0.4) is 0 Å². The zero-order valence-corrected chi connectivity index (χ0v) is 13.9. The van der Waals surface area contributed by atoms with Gasteiger partial charge in [0.1, 0.15) is 23.8 Å². The molecule has 3 aliphatic rings. The smallest absolute Gasteiger partial charge is 0.253 e. The molecule has 0 unspecified atom stereocenters. The standard InChI is InChI=1S/C17H20N4O4/c1-23-13-7-25-14-12(6-24-15(13)14)20-17(22)9-4-11-16(18-5-9)21(8-19-11)10-2-3-10/h4-5,8,10,12-15H,2-3,6-7H2,1H3,(H,20,22)/t12-,13-,14-,15-/m1/s1. The normalized spacial score (nSPS) is 31.4. The van der Waals surface area contributed by atoms with Gasteiger partial charge < -0.3 is 24.1 Å². The summed E-state index contributed by atoms with van der Waals surface area (Å²) in [4.78, 5) is 21.4. The Morgan fingerprint density at radius 1 is 1.28 bits per heavy atom. The Morgan fingerprint density at radius 3 is 2.92 bits per heavy atom. The molecule has 1 saturated carbocycles. The maximum absolute atomic E-state index is 12.6. The van der Waals surface area contributed by atoms with E-state index < -0.39 is 0 Å². The minimum absolute atomic E-state index is 0.0729. The lowest BCUT2D eigenvalue weighted by Crippen LogP contribution is -2.44. The molecule has 4 heterocycles. The van der Waals surface area contributed by atoms with E-state index in [0.29, 0.717) is 24.8 Å². The number of carbonyl (C=O) groups is 1. The predicted octanol–water partition coefficient (Wildman–Crippen LogP) is 0.677. The fourth-order valence-electron chi connectivity index (χ4n) is 3.70. The Bertz CT molecular complexity index is 818. The maximum atomic E-state index is 12.6. The van der Waals surface area contributed by atoms with E-state index in [-0.39, 0.29) is 30.3 Å². The quantitative estimate of drug-likeness (QED) is 0.877. The summed E-state index contributed by atoms with van der Waals surface area (Å²) < 4.78 is 18.9. The lowest BCUT2D eigenvalue weighted by molar-refractivity contribution is -0.00817. The molecule has 1 aliphatic carbocycles. The van der Waals surface area contributed by atoms with E-state index in [1.165, 1.54) is 12.8 Å². The number of methoxy groups -OCH3 is 1. The van der Waals surface area contributed by atoms with Gasteiger partial charge in [-0.15, -0.1) is 0 Å². The van der Waals surface area contributed by atoms with Crippen LogP contribution in [0, 0.1) is 0 Å². The van der Waals surface area contributed by atoms with E-state index >= 15 is 0 Å². The molecular weight excluding hydrogens is 324 g/mol. The second-order valence-corrected chi connectivity index (χ2v) is 6.90. The highest BCUT2D eigenvalue weighted by molar-refractivity contribution is 5.96. The van der Waals surface area contributed by atoms with Crippen molar-refractivity contribution in [3.05, 3.63) is 24.2 Å². The van der Waals surface area contributed by atoms with Crippen molar-refractivity contribution in [2.24, 2.45) is 0 Å². The Hall–Kier alpha value is -2.03. The first-order valence-corrected chi connectivity index (χ1v) is 8.64. The van der Waals surface area contributed by atoms with Crippen LogP contribution in [0.2, 0.25) is 0 Å². The third-order valence-electron chi connectivity index (χ3n) is 5.24. The first kappa shape index (κ1) is 15.2. The summed E-state index contributed by atoms with van der Waals surface area (Å²) >= 11 is 0. The number of carbonyl (C=O) groups excluding carboxylic acids is 1. The number of nitrogens with zero attached hydrogens (tertiary/aromatic N) is 3. The fourth-order valence-corrected chi connectivity index (χ4v) is 3.70. The summed E-state index contributed by atoms with van der Waals surface area (Å²) in [5.74, 6) is -0.186. The molecule has 25 heavy (non-hydrogen) atoms. The van der Waals surface area contributed by atoms with Crippen LogP contribution in [0.4, 0.5) is 0 Å². The molecule has 1 amide bonds. The molecule has 2 saturated heterocycles. The number of amides is 1. The van der Waals surface area contributed by atoms with Gasteiger partial charge in [0.2, 0.25) is 0 Å². The summed E-state index contributed by atoms with van der Waals surface area (Å²) in [6.07, 6.45) is 5.40. The molecule has 2 aromatic heterocycles. The molecule has 132 valence electrons. The molecule has 0 bridgehead atoms. The number of imidazole rings is 1. The zero-order chi connectivity index (χ0) is 17.0. The summed E-state index contributed by atoms with van der Waals surface area (Å²) in [5.41, 5.74) is 2.08. The van der Waals surface area contributed by atoms with Crippen molar-refractivity contribution in [1.82, 2.24) is 19.9 Å². The summed E-state index contributed by atoms with van der Waals surface area (Å²) in [6, 6.07) is 2.12. The molecular formula is C17H20N4O4. The van der Waals surface area contributed by atoms with Gasteiger partial charge in [0, 0.05) is 19.3 Å². The van der Waals surface area contributed by atoms with Gasteiger partial charge in [-0.1, -0.05) is 0 Å². The summed E-state index contributed by atoms with van der Waals surface area (Å²) in [6.45, 7) is 0.914. The predicted molar refractivity (Wildman–Crippen MR) is 87.3 cm³/mol. The van der Waals surface area contributed by atoms with Crippen molar-refractivity contribution >= 4 is 17.1 Å². The number of nitrogens with one attached hydrogen (secondary N) is 1. The van der Waals surface area contributed by atoms with Crippen LogP contribution in [0.1, 0.15) is 29.2 Å². The second-order valence-electron chi connectivity index (χ2n) is 6.90. The largest absolute Gasteiger partial charge is 0.376 e. The first-order chi connectivity index (χ1) is 12.2. The fraction of sp³-hybridized carbons (Fsp3) is 0.588. The van der Waals surface area contributed by atoms with Crippen LogP contribution in [0.15, 0.2) is 18.6 Å². The van der Waals surface area contributed by atoms with Crippen LogP contribution in [-0.4, -0.2) is 65.1 Å². The average Bonchev–Trinajstić information content (AvgIpc) is 3.08. The van der Waals surface area contributed by atoms with E-state index in [1.54, 1.807) is 19.4 Å². The Kier molecular flexibility index (Phi) is 3.51. The van der Waals surface area contributed by atoms with E-state index in [1.807, 2.05) is 6.33 Å². The van der Waals surface area contributed by atoms with Gasteiger partial charge in [0.25, 0.3) is 5.91 Å². The molecule has 4 atom stereocenters. The second kappa shape index (κ2) is 5.76. The van der Waals surface area contributed by atoms with Crippen molar-refractivity contribution < 1.29 is 19.0 Å². The van der Waals surface area contributed by atoms with Gasteiger partial charge in [-0.3, -0.25) is 4.79 Å². The number of ether oxygens (including phenoxy) is 3. The average molecular weight is 344 g/mol. The summed E-state index contributed by atoms with van der Waals surface area (Å²) in [7, 11) is 1.65. The minimum atomic E-state index is -0.186. The number of aromatic nitrogens is 3. The van der Waals surface area contributed by atoms with Crippen molar-refractivity contribution in [3.8, 4) is 0 Å². The van der Waals surface area contributed by atoms with Crippen molar-refractivity contribution in [2.75, 3.05) is 20.3 Å². The van der Waals surface area contributed by atoms with E-state index in [9.17, 15) is 4.79 Å². The highest BCUT2D eigenvalue weighted by Crippen LogP contribution is 2.36. The maximum Gasteiger partial charge on any atom is 0.253 e. The third kappa shape index (κ3) is 2.52. The zero-order valence-electron chi connectivity index (χ0n) is 13.9. The molecule has 8 nitrogen and oxygen atoms in total. The number of pyridine rings is 1. The monoisotopic (exact) mass is 344 g/mol. The van der Waals surface area contributed by atoms with Gasteiger partial charge >= 0.3 is 0 Å². The molecule has 0 aromatic carbocycles. The lowest BCUT2D eigenvalue weighted by atomic mass is 10.1. The Morgan fingerprint density at radius 2 is 2.12 bits per heavy atom. The highest BCUT2D eigenvalue weighted by atomic mass is 16.6. The molecule has 3 fully saturated rings. The Labute approximate surface area is 144 Å². The topological polar surface area (TPSA) is 87.5 Å². The molecule has 5 rings (SSSR count). The molecule has 0 radical (unpaired) electrons. The molecule has 2 aliphatic heterocycles. The van der Waals surface area contributed by atoms with Crippen LogP contribution < -0.4 is 5.32 Å². The van der Waals surface area contributed by atoms with E-state index in [0.717, 1.165) is 11.2 Å². The van der Waals surface area contributed by atoms with Crippen LogP contribution in [0.5, 0.6) is 0 Å². The number of hydrogen-bond donors (Lipinski definition) is 1. The van der Waals surface area contributed by atoms with E-state index in [4.69, 9.17) is 14.2 Å². The van der Waals surface area contributed by atoms with Crippen molar-refractivity contribution in [3.63, 3.8) is 0 Å². The van der Waals surface area contributed by atoms with Crippen molar-refractivity contribution in [2.45, 2.75) is 43.2 Å². The molecule has 1 N–H and O–H groups in total. The minimum Gasteiger partial charge on any atom is -0.376 e. The Balaban J connectivity index is 1.32. The third-order valence-corrected chi connectivity index (χ3v) is 5.24. The molecule has 2 aromatic rings. The van der Waals surface area contributed by atoms with Gasteiger partial charge in [0.05, 0.1) is 31.1 Å². The van der Waals surface area contributed by atoms with Gasteiger partial charge in [0.15, 0.2) is 5.65 Å². The number of hydrogen-bond acceptors (Lipinski definition) is 6. The van der Waals surface area contributed by atoms with E-state index in [2.05, 4.69) is 19.9 Å². The highest BCUT2D eigenvalue weighted by Gasteiger charge is 2.48. The van der Waals surface area contributed by atoms with Gasteiger partial charge in [-0.05, 0) is 18.9 Å². The first-order valence-electron chi connectivity index (χ1n) is 8.64. The molecule has 8 heteroatoms. The summed E-state index contributed by atoms with van der Waals surface area (Å²) in [5, 5.41) is 3.00. The number of rotatable bonds is 4. The number of fused-ring (bicyclic) bond motifs is 2. The molecule has 0 spiro atoms.